The van der Waals surface area contributed by atoms with Crippen LogP contribution in [0, 0.1) is 10.1 Å². The lowest BCUT2D eigenvalue weighted by atomic mass is 9.91. The summed E-state index contributed by atoms with van der Waals surface area (Å²) in [6.07, 6.45) is 2.56. The topological polar surface area (TPSA) is 141 Å². The molecule has 11 nitrogen and oxygen atoms in total. The van der Waals surface area contributed by atoms with Crippen molar-refractivity contribution in [3.63, 3.8) is 0 Å². The molecule has 0 heterocycles. The zero-order valence-electron chi connectivity index (χ0n) is 22.5. The first-order chi connectivity index (χ1) is 18.0. The number of nitrogens with zero attached hydrogens (tertiary/aromatic N) is 1. The van der Waals surface area contributed by atoms with Gasteiger partial charge in [-0.05, 0) is 70.2 Å². The summed E-state index contributed by atoms with van der Waals surface area (Å²) in [6.45, 7) is 5.65. The van der Waals surface area contributed by atoms with Crippen molar-refractivity contribution in [2.75, 3.05) is 19.5 Å². The van der Waals surface area contributed by atoms with Crippen LogP contribution in [0.3, 0.4) is 0 Å². The highest BCUT2D eigenvalue weighted by atomic mass is 16.6. The monoisotopic (exact) mass is 528 g/mol. The third-order valence-corrected chi connectivity index (χ3v) is 6.17. The molecule has 0 radical (unpaired) electrons. The molecule has 0 unspecified atom stereocenters. The molecular formula is C27H36N4O7. The average molecular weight is 529 g/mol. The number of carbonyl (C=O) groups is 2. The summed E-state index contributed by atoms with van der Waals surface area (Å²) < 4.78 is 15.9. The van der Waals surface area contributed by atoms with Gasteiger partial charge in [-0.1, -0.05) is 6.07 Å². The predicted octanol–water partition coefficient (Wildman–Crippen LogP) is 4.79. The van der Waals surface area contributed by atoms with E-state index in [2.05, 4.69) is 16.0 Å². The highest BCUT2D eigenvalue weighted by molar-refractivity contribution is 6.00. The number of anilines is 1. The molecule has 1 aliphatic carbocycles. The number of carbonyl (C=O) groups excluding carboxylic acids is 2. The van der Waals surface area contributed by atoms with E-state index in [1.807, 2.05) is 20.8 Å². The molecule has 3 rings (SSSR count). The number of nitro groups is 1. The molecule has 0 aliphatic heterocycles. The molecule has 206 valence electrons. The van der Waals surface area contributed by atoms with Crippen LogP contribution >= 0.6 is 0 Å². The first-order valence-electron chi connectivity index (χ1n) is 12.5. The molecule has 0 bridgehead atoms. The number of rotatable bonds is 9. The van der Waals surface area contributed by atoms with E-state index in [9.17, 15) is 19.7 Å². The molecule has 0 spiro atoms. The van der Waals surface area contributed by atoms with E-state index in [4.69, 9.17) is 14.2 Å². The predicted molar refractivity (Wildman–Crippen MR) is 143 cm³/mol. The first-order valence-corrected chi connectivity index (χ1v) is 12.5. The zero-order valence-corrected chi connectivity index (χ0v) is 22.5. The van der Waals surface area contributed by atoms with E-state index in [1.54, 1.807) is 31.4 Å². The third-order valence-electron chi connectivity index (χ3n) is 6.17. The quantitative estimate of drug-likeness (QED) is 0.312. The number of non-ortho nitro benzene ring substituents is 1. The molecule has 1 aliphatic rings. The lowest BCUT2D eigenvalue weighted by Crippen LogP contribution is -2.42. The highest BCUT2D eigenvalue weighted by Gasteiger charge is 2.26. The van der Waals surface area contributed by atoms with E-state index in [0.717, 1.165) is 31.2 Å². The van der Waals surface area contributed by atoms with Gasteiger partial charge < -0.3 is 30.2 Å². The maximum Gasteiger partial charge on any atom is 0.407 e. The summed E-state index contributed by atoms with van der Waals surface area (Å²) in [7, 11) is 3.07. The highest BCUT2D eigenvalue weighted by Crippen LogP contribution is 2.29. The van der Waals surface area contributed by atoms with Gasteiger partial charge in [0.25, 0.3) is 11.6 Å². The second-order valence-corrected chi connectivity index (χ2v) is 10.2. The average Bonchev–Trinajstić information content (AvgIpc) is 2.87. The fourth-order valence-corrected chi connectivity index (χ4v) is 4.30. The molecule has 2 aromatic carbocycles. The Morgan fingerprint density at radius 1 is 0.974 bits per heavy atom. The Bertz CT molecular complexity index is 1150. The number of benzene rings is 2. The largest absolute Gasteiger partial charge is 0.493 e. The zero-order chi connectivity index (χ0) is 27.9. The normalized spacial score (nSPS) is 17.2. The molecule has 38 heavy (non-hydrogen) atoms. The van der Waals surface area contributed by atoms with Crippen LogP contribution in [-0.4, -0.2) is 48.8 Å². The second kappa shape index (κ2) is 12.5. The summed E-state index contributed by atoms with van der Waals surface area (Å²) >= 11 is 0. The minimum absolute atomic E-state index is 0.00372. The van der Waals surface area contributed by atoms with Crippen LogP contribution in [0.1, 0.15) is 62.4 Å². The standard InChI is InChI=1S/C27H36N4O7/c1-27(2,3)38-26(33)30-19-9-7-18(8-10-19)29-22-12-11-20(31(34)35)15-21(22)25(32)28-16-17-6-13-23(36-4)24(14-17)37-5/h6,11-15,18-19,29H,7-10,16H2,1-5H3,(H,28,32)(H,30,33). The van der Waals surface area contributed by atoms with Crippen molar-refractivity contribution in [3.8, 4) is 11.5 Å². The Hall–Kier alpha value is -4.02. The Morgan fingerprint density at radius 3 is 2.24 bits per heavy atom. The van der Waals surface area contributed by atoms with E-state index < -0.39 is 22.5 Å². The van der Waals surface area contributed by atoms with Crippen molar-refractivity contribution < 1.29 is 28.7 Å². The maximum atomic E-state index is 13.1. The van der Waals surface area contributed by atoms with Crippen LogP contribution in [0.25, 0.3) is 0 Å². The SMILES string of the molecule is COc1ccc(CNC(=O)c2cc([N+](=O)[O-])ccc2NC2CCC(NC(=O)OC(C)(C)C)CC2)cc1OC. The Morgan fingerprint density at radius 2 is 1.63 bits per heavy atom. The van der Waals surface area contributed by atoms with Crippen LogP contribution < -0.4 is 25.4 Å². The van der Waals surface area contributed by atoms with Gasteiger partial charge in [-0.15, -0.1) is 0 Å². The van der Waals surface area contributed by atoms with Gasteiger partial charge in [0.05, 0.1) is 24.7 Å². The van der Waals surface area contributed by atoms with Crippen molar-refractivity contribution >= 4 is 23.4 Å². The fraction of sp³-hybridized carbons (Fsp3) is 0.481. The van der Waals surface area contributed by atoms with Gasteiger partial charge in [-0.2, -0.15) is 0 Å². The van der Waals surface area contributed by atoms with Crippen molar-refractivity contribution in [1.82, 2.24) is 10.6 Å². The summed E-state index contributed by atoms with van der Waals surface area (Å²) in [6, 6.07) is 9.58. The van der Waals surface area contributed by atoms with Crippen LogP contribution in [0.5, 0.6) is 11.5 Å². The number of nitrogens with one attached hydrogen (secondary N) is 3. The second-order valence-electron chi connectivity index (χ2n) is 10.2. The van der Waals surface area contributed by atoms with Gasteiger partial charge >= 0.3 is 6.09 Å². The van der Waals surface area contributed by atoms with Crippen molar-refractivity contribution in [3.05, 3.63) is 57.6 Å². The van der Waals surface area contributed by atoms with Crippen molar-refractivity contribution in [1.29, 1.82) is 0 Å². The molecule has 2 aromatic rings. The van der Waals surface area contributed by atoms with E-state index >= 15 is 0 Å². The third kappa shape index (κ3) is 7.99. The Kier molecular flexibility index (Phi) is 9.38. The molecule has 3 N–H and O–H groups in total. The molecule has 1 fully saturated rings. The Labute approximate surface area is 222 Å². The van der Waals surface area contributed by atoms with Crippen LogP contribution in [0.15, 0.2) is 36.4 Å². The lowest BCUT2D eigenvalue weighted by Gasteiger charge is -2.31. The Balaban J connectivity index is 1.65. The number of hydrogen-bond acceptors (Lipinski definition) is 8. The van der Waals surface area contributed by atoms with Crippen LogP contribution in [-0.2, 0) is 11.3 Å². The van der Waals surface area contributed by atoms with Gasteiger partial charge in [0.1, 0.15) is 5.60 Å². The number of alkyl carbamates (subject to hydrolysis) is 1. The number of nitro benzene ring substituents is 1. The van der Waals surface area contributed by atoms with E-state index in [1.165, 1.54) is 19.2 Å². The van der Waals surface area contributed by atoms with E-state index in [0.29, 0.717) is 17.2 Å². The molecule has 0 saturated heterocycles. The first kappa shape index (κ1) is 28.5. The molecule has 0 atom stereocenters. The van der Waals surface area contributed by atoms with E-state index in [-0.39, 0.29) is 29.9 Å². The van der Waals surface area contributed by atoms with Crippen LogP contribution in [0.4, 0.5) is 16.2 Å². The maximum absolute atomic E-state index is 13.1. The summed E-state index contributed by atoms with van der Waals surface area (Å²) in [5.41, 5.74) is 0.760. The number of amides is 2. The number of ether oxygens (including phenoxy) is 3. The molecular weight excluding hydrogens is 492 g/mol. The summed E-state index contributed by atoms with van der Waals surface area (Å²) in [5, 5.41) is 20.5. The fourth-order valence-electron chi connectivity index (χ4n) is 4.30. The van der Waals surface area contributed by atoms with Crippen LogP contribution in [0.2, 0.25) is 0 Å². The van der Waals surface area contributed by atoms with Gasteiger partial charge in [-0.25, -0.2) is 4.79 Å². The minimum Gasteiger partial charge on any atom is -0.493 e. The number of hydrogen-bond donors (Lipinski definition) is 3. The number of methoxy groups -OCH3 is 2. The van der Waals surface area contributed by atoms with Gasteiger partial charge in [0, 0.05) is 36.4 Å². The molecule has 0 aromatic heterocycles. The van der Waals surface area contributed by atoms with Gasteiger partial charge in [0.15, 0.2) is 11.5 Å². The lowest BCUT2D eigenvalue weighted by molar-refractivity contribution is -0.384. The summed E-state index contributed by atoms with van der Waals surface area (Å²) in [5.74, 6) is 0.670. The van der Waals surface area contributed by atoms with Crippen molar-refractivity contribution in [2.24, 2.45) is 0 Å². The summed E-state index contributed by atoms with van der Waals surface area (Å²) in [4.78, 5) is 36.1. The minimum atomic E-state index is -0.560. The van der Waals surface area contributed by atoms with Gasteiger partial charge in [0.2, 0.25) is 0 Å². The molecule has 11 heteroatoms. The smallest absolute Gasteiger partial charge is 0.407 e. The molecule has 1 saturated carbocycles. The van der Waals surface area contributed by atoms with Crippen molar-refractivity contribution in [2.45, 2.75) is 70.7 Å². The molecule has 2 amide bonds. The van der Waals surface area contributed by atoms with Gasteiger partial charge in [-0.3, -0.25) is 14.9 Å².